The lowest BCUT2D eigenvalue weighted by molar-refractivity contribution is 1.18. The van der Waals surface area contributed by atoms with Gasteiger partial charge in [-0.25, -0.2) is 4.98 Å². The predicted molar refractivity (Wildman–Crippen MR) is 258 cm³/mol. The van der Waals surface area contributed by atoms with Crippen molar-refractivity contribution in [2.24, 2.45) is 0 Å². The molecule has 0 bridgehead atoms. The second-order valence-electron chi connectivity index (χ2n) is 15.9. The molecule has 0 unspecified atom stereocenters. The van der Waals surface area contributed by atoms with Crippen LogP contribution in [0, 0.1) is 0 Å². The Bertz CT molecular complexity index is 3600. The van der Waals surface area contributed by atoms with Crippen molar-refractivity contribution in [1.29, 1.82) is 0 Å². The molecule has 4 heteroatoms. The fourth-order valence-electron chi connectivity index (χ4n) is 9.24. The molecule has 290 valence electrons. The molecule has 62 heavy (non-hydrogen) atoms. The highest BCUT2D eigenvalue weighted by molar-refractivity contribution is 6.12. The summed E-state index contributed by atoms with van der Waals surface area (Å²) in [7, 11) is 0. The second kappa shape index (κ2) is 14.7. The van der Waals surface area contributed by atoms with Crippen LogP contribution in [0.1, 0.15) is 0 Å². The average molecular weight is 791 g/mol. The molecule has 4 heterocycles. The van der Waals surface area contributed by atoms with Gasteiger partial charge in [0.25, 0.3) is 0 Å². The Morgan fingerprint density at radius 2 is 0.710 bits per heavy atom. The Morgan fingerprint density at radius 3 is 1.34 bits per heavy atom. The third kappa shape index (κ3) is 6.08. The molecule has 0 N–H and O–H groups in total. The number of aromatic nitrogens is 4. The number of para-hydroxylation sites is 3. The maximum Gasteiger partial charge on any atom is 0.0716 e. The van der Waals surface area contributed by atoms with Crippen molar-refractivity contribution in [3.63, 3.8) is 0 Å². The molecule has 4 nitrogen and oxygen atoms in total. The third-order valence-corrected chi connectivity index (χ3v) is 12.2. The Labute approximate surface area is 359 Å². The molecule has 8 aromatic carbocycles. The fraction of sp³-hybridized carbons (Fsp3) is 0. The third-order valence-electron chi connectivity index (χ3n) is 12.2. The van der Waals surface area contributed by atoms with Gasteiger partial charge in [0, 0.05) is 56.4 Å². The van der Waals surface area contributed by atoms with E-state index in [9.17, 15) is 0 Å². The van der Waals surface area contributed by atoms with Crippen LogP contribution < -0.4 is 0 Å². The molecule has 0 saturated heterocycles. The summed E-state index contributed by atoms with van der Waals surface area (Å²) in [5, 5.41) is 4.94. The van der Waals surface area contributed by atoms with E-state index in [2.05, 4.69) is 220 Å². The summed E-state index contributed by atoms with van der Waals surface area (Å²) in [6.07, 6.45) is 3.67. The summed E-state index contributed by atoms with van der Waals surface area (Å²) in [4.78, 5) is 9.49. The van der Waals surface area contributed by atoms with Crippen LogP contribution in [-0.4, -0.2) is 19.1 Å². The van der Waals surface area contributed by atoms with Crippen molar-refractivity contribution < 1.29 is 0 Å². The molecular formula is C58H38N4. The number of benzene rings is 8. The first kappa shape index (κ1) is 35.6. The maximum absolute atomic E-state index is 5.30. The minimum atomic E-state index is 0.925. The first-order chi connectivity index (χ1) is 30.7. The van der Waals surface area contributed by atoms with E-state index >= 15 is 0 Å². The number of hydrogen-bond donors (Lipinski definition) is 0. The van der Waals surface area contributed by atoms with Crippen LogP contribution in [0.25, 0.3) is 111 Å². The van der Waals surface area contributed by atoms with Gasteiger partial charge in [-0.2, -0.15) is 0 Å². The van der Waals surface area contributed by atoms with E-state index in [-0.39, 0.29) is 0 Å². The number of nitrogens with zero attached hydrogens (tertiary/aromatic N) is 4. The number of hydrogen-bond acceptors (Lipinski definition) is 2. The fourth-order valence-corrected chi connectivity index (χ4v) is 9.24. The molecule has 4 aromatic heterocycles. The quantitative estimate of drug-likeness (QED) is 0.161. The molecule has 0 radical (unpaired) electrons. The molecule has 12 aromatic rings. The van der Waals surface area contributed by atoms with Crippen molar-refractivity contribution in [3.05, 3.63) is 231 Å². The van der Waals surface area contributed by atoms with E-state index in [1.807, 2.05) is 24.5 Å². The number of rotatable bonds is 7. The van der Waals surface area contributed by atoms with E-state index < -0.39 is 0 Å². The average Bonchev–Trinajstić information content (AvgIpc) is 3.87. The van der Waals surface area contributed by atoms with E-state index in [1.54, 1.807) is 0 Å². The summed E-state index contributed by atoms with van der Waals surface area (Å²) in [5.74, 6) is 0. The highest BCUT2D eigenvalue weighted by Crippen LogP contribution is 2.39. The smallest absolute Gasteiger partial charge is 0.0716 e. The van der Waals surface area contributed by atoms with Crippen molar-refractivity contribution in [2.45, 2.75) is 0 Å². The van der Waals surface area contributed by atoms with Crippen LogP contribution in [0.3, 0.4) is 0 Å². The van der Waals surface area contributed by atoms with Gasteiger partial charge >= 0.3 is 0 Å². The summed E-state index contributed by atoms with van der Waals surface area (Å²) < 4.78 is 4.77. The van der Waals surface area contributed by atoms with Gasteiger partial charge in [-0.1, -0.05) is 133 Å². The summed E-state index contributed by atoms with van der Waals surface area (Å²) in [6, 6.07) is 78.5. The van der Waals surface area contributed by atoms with Gasteiger partial charge in [-0.05, 0) is 118 Å². The first-order valence-corrected chi connectivity index (χ1v) is 21.0. The zero-order valence-electron chi connectivity index (χ0n) is 33.7. The topological polar surface area (TPSA) is 35.6 Å². The van der Waals surface area contributed by atoms with Crippen LogP contribution in [0.4, 0.5) is 0 Å². The SMILES string of the molecule is c1ccc(-c2cc(-c3ccc(-c4ccncc4)cc3)cc(-c3cccc(-n4c5ccccc5c5cc(-c6ccc7c(c6)c6ccccc6n7-c6ccccc6)ccc54)c3)n2)cc1. The van der Waals surface area contributed by atoms with Crippen LogP contribution in [0.15, 0.2) is 231 Å². The van der Waals surface area contributed by atoms with Crippen molar-refractivity contribution in [1.82, 2.24) is 19.1 Å². The van der Waals surface area contributed by atoms with Gasteiger partial charge in [-0.15, -0.1) is 0 Å². The molecule has 0 atom stereocenters. The van der Waals surface area contributed by atoms with Crippen molar-refractivity contribution >= 4 is 43.6 Å². The number of fused-ring (bicyclic) bond motifs is 6. The predicted octanol–water partition coefficient (Wildman–Crippen LogP) is 15.0. The minimum Gasteiger partial charge on any atom is -0.309 e. The molecule has 0 fully saturated rings. The molecule has 0 aliphatic carbocycles. The Morgan fingerprint density at radius 1 is 0.258 bits per heavy atom. The van der Waals surface area contributed by atoms with Gasteiger partial charge in [0.2, 0.25) is 0 Å². The highest BCUT2D eigenvalue weighted by atomic mass is 15.0. The molecule has 0 aliphatic heterocycles. The van der Waals surface area contributed by atoms with E-state index in [0.29, 0.717) is 0 Å². The molecule has 0 saturated carbocycles. The molecule has 0 amide bonds. The van der Waals surface area contributed by atoms with Crippen molar-refractivity contribution in [2.75, 3.05) is 0 Å². The van der Waals surface area contributed by atoms with Crippen LogP contribution in [0.2, 0.25) is 0 Å². The van der Waals surface area contributed by atoms with Crippen LogP contribution in [-0.2, 0) is 0 Å². The molecule has 0 spiro atoms. The normalized spacial score (nSPS) is 11.5. The second-order valence-corrected chi connectivity index (χ2v) is 15.9. The van der Waals surface area contributed by atoms with Gasteiger partial charge in [0.1, 0.15) is 0 Å². The monoisotopic (exact) mass is 790 g/mol. The van der Waals surface area contributed by atoms with Crippen LogP contribution in [0.5, 0.6) is 0 Å². The van der Waals surface area contributed by atoms with Crippen molar-refractivity contribution in [3.8, 4) is 67.3 Å². The lowest BCUT2D eigenvalue weighted by atomic mass is 9.98. The van der Waals surface area contributed by atoms with E-state index in [1.165, 1.54) is 49.2 Å². The lowest BCUT2D eigenvalue weighted by Gasteiger charge is -2.13. The Hall–Kier alpha value is -8.34. The highest BCUT2D eigenvalue weighted by Gasteiger charge is 2.17. The molecular weight excluding hydrogens is 753 g/mol. The van der Waals surface area contributed by atoms with Gasteiger partial charge in [0.15, 0.2) is 0 Å². The van der Waals surface area contributed by atoms with Gasteiger partial charge in [-0.3, -0.25) is 4.98 Å². The van der Waals surface area contributed by atoms with E-state index in [0.717, 1.165) is 61.7 Å². The van der Waals surface area contributed by atoms with Gasteiger partial charge in [0.05, 0.1) is 33.5 Å². The maximum atomic E-state index is 5.30. The summed E-state index contributed by atoms with van der Waals surface area (Å²) in [5.41, 5.74) is 17.9. The zero-order chi connectivity index (χ0) is 41.0. The largest absolute Gasteiger partial charge is 0.309 e. The van der Waals surface area contributed by atoms with Gasteiger partial charge < -0.3 is 9.13 Å². The summed E-state index contributed by atoms with van der Waals surface area (Å²) >= 11 is 0. The molecule has 0 aliphatic rings. The minimum absolute atomic E-state index is 0.925. The summed E-state index contributed by atoms with van der Waals surface area (Å²) in [6.45, 7) is 0. The van der Waals surface area contributed by atoms with Crippen LogP contribution >= 0.6 is 0 Å². The standard InChI is InChI=1S/C58H38N4/c1-3-12-42(13-4-1)53-37-46(40-24-22-39(23-25-40)41-30-32-59-33-31-41)38-54(60-53)45-14-11-17-48(34-45)62-56-21-10-8-19-50(56)52-36-44(27-29-58(52)62)43-26-28-57-51(35-43)49-18-7-9-20-55(49)61(57)47-15-5-2-6-16-47/h1-38H. The lowest BCUT2D eigenvalue weighted by Crippen LogP contribution is -1.96. The first-order valence-electron chi connectivity index (χ1n) is 21.0. The Balaban J connectivity index is 0.966. The zero-order valence-corrected chi connectivity index (χ0v) is 33.7. The van der Waals surface area contributed by atoms with E-state index in [4.69, 9.17) is 4.98 Å². The Kier molecular flexibility index (Phi) is 8.46. The number of pyridine rings is 2. The molecule has 12 rings (SSSR count).